The molecule has 0 saturated carbocycles. The first-order valence-electron chi connectivity index (χ1n) is 9.46. The Labute approximate surface area is 187 Å². The highest BCUT2D eigenvalue weighted by Gasteiger charge is 2.17. The van der Waals surface area contributed by atoms with Crippen molar-refractivity contribution in [1.82, 2.24) is 9.78 Å². The van der Waals surface area contributed by atoms with Crippen LogP contribution in [0, 0.1) is 22.7 Å². The Hall–Kier alpha value is -4.53. The van der Waals surface area contributed by atoms with Crippen molar-refractivity contribution in [2.24, 2.45) is 12.0 Å². The SMILES string of the molecule is Cn1nc(-c2cccc(C#N)c2)sc1=Nc1cccc(C(=O)O)c1-c1cccc(C#N)c1. The van der Waals surface area contributed by atoms with Gasteiger partial charge in [0.1, 0.15) is 5.01 Å². The predicted octanol–water partition coefficient (Wildman–Crippen LogP) is 4.49. The largest absolute Gasteiger partial charge is 0.478 e. The molecule has 7 nitrogen and oxygen atoms in total. The summed E-state index contributed by atoms with van der Waals surface area (Å²) in [6.45, 7) is 0. The number of aromatic carboxylic acids is 1. The van der Waals surface area contributed by atoms with Crippen molar-refractivity contribution in [2.75, 3.05) is 0 Å². The molecule has 0 spiro atoms. The number of hydrogen-bond donors (Lipinski definition) is 1. The number of rotatable bonds is 4. The van der Waals surface area contributed by atoms with Gasteiger partial charge in [0.15, 0.2) is 0 Å². The quantitative estimate of drug-likeness (QED) is 0.505. The number of benzene rings is 3. The molecular formula is C24H15N5O2S. The lowest BCUT2D eigenvalue weighted by atomic mass is 9.96. The summed E-state index contributed by atoms with van der Waals surface area (Å²) >= 11 is 1.33. The molecule has 3 aromatic carbocycles. The van der Waals surface area contributed by atoms with Gasteiger partial charge in [-0.1, -0.05) is 41.7 Å². The molecule has 4 rings (SSSR count). The van der Waals surface area contributed by atoms with Gasteiger partial charge in [-0.25, -0.2) is 14.5 Å². The van der Waals surface area contributed by atoms with E-state index in [0.717, 1.165) is 5.56 Å². The molecule has 0 atom stereocenters. The zero-order chi connectivity index (χ0) is 22.7. The van der Waals surface area contributed by atoms with Gasteiger partial charge >= 0.3 is 5.97 Å². The first-order valence-corrected chi connectivity index (χ1v) is 10.3. The van der Waals surface area contributed by atoms with E-state index in [4.69, 9.17) is 10.3 Å². The Kier molecular flexibility index (Phi) is 5.63. The molecule has 8 heteroatoms. The zero-order valence-electron chi connectivity index (χ0n) is 16.9. The third-order valence-corrected chi connectivity index (χ3v) is 5.76. The fraction of sp³-hybridized carbons (Fsp3) is 0.0417. The summed E-state index contributed by atoms with van der Waals surface area (Å²) in [6.07, 6.45) is 0. The van der Waals surface area contributed by atoms with Crippen LogP contribution in [0.25, 0.3) is 21.7 Å². The summed E-state index contributed by atoms with van der Waals surface area (Å²) in [5.74, 6) is -1.08. The van der Waals surface area contributed by atoms with Crippen LogP contribution in [-0.2, 0) is 7.05 Å². The van der Waals surface area contributed by atoms with Gasteiger partial charge in [0, 0.05) is 18.2 Å². The second-order valence-electron chi connectivity index (χ2n) is 6.82. The minimum atomic E-state index is -1.08. The van der Waals surface area contributed by atoms with Gasteiger partial charge in [0.05, 0.1) is 34.5 Å². The van der Waals surface area contributed by atoms with Gasteiger partial charge in [-0.3, -0.25) is 0 Å². The average Bonchev–Trinajstić information content (AvgIpc) is 3.19. The van der Waals surface area contributed by atoms with Gasteiger partial charge in [-0.05, 0) is 42.0 Å². The Balaban J connectivity index is 1.91. The van der Waals surface area contributed by atoms with Crippen LogP contribution in [0.1, 0.15) is 21.5 Å². The van der Waals surface area contributed by atoms with Crippen molar-refractivity contribution in [1.29, 1.82) is 10.5 Å². The number of nitriles is 2. The maximum Gasteiger partial charge on any atom is 0.336 e. The lowest BCUT2D eigenvalue weighted by molar-refractivity contribution is 0.0697. The maximum atomic E-state index is 11.9. The average molecular weight is 437 g/mol. The summed E-state index contributed by atoms with van der Waals surface area (Å²) in [5.41, 5.74) is 3.33. The van der Waals surface area contributed by atoms with Gasteiger partial charge in [0.25, 0.3) is 0 Å². The second kappa shape index (κ2) is 8.68. The number of aryl methyl sites for hydroxylation is 1. The van der Waals surface area contributed by atoms with Crippen LogP contribution in [0.3, 0.4) is 0 Å². The van der Waals surface area contributed by atoms with Crippen LogP contribution in [0.4, 0.5) is 5.69 Å². The van der Waals surface area contributed by atoms with Crippen LogP contribution < -0.4 is 4.80 Å². The van der Waals surface area contributed by atoms with Crippen molar-refractivity contribution in [3.63, 3.8) is 0 Å². The molecule has 0 fully saturated rings. The summed E-state index contributed by atoms with van der Waals surface area (Å²) in [7, 11) is 1.75. The number of carbonyl (C=O) groups is 1. The molecule has 0 radical (unpaired) electrons. The van der Waals surface area contributed by atoms with Crippen molar-refractivity contribution >= 4 is 23.0 Å². The number of nitrogens with zero attached hydrogens (tertiary/aromatic N) is 5. The van der Waals surface area contributed by atoms with E-state index < -0.39 is 5.97 Å². The Morgan fingerprint density at radius 2 is 1.62 bits per heavy atom. The van der Waals surface area contributed by atoms with Gasteiger partial charge < -0.3 is 5.11 Å². The van der Waals surface area contributed by atoms with E-state index >= 15 is 0 Å². The monoisotopic (exact) mass is 437 g/mol. The topological polar surface area (TPSA) is 115 Å². The molecule has 0 bridgehead atoms. The Morgan fingerprint density at radius 1 is 1.00 bits per heavy atom. The highest BCUT2D eigenvalue weighted by molar-refractivity contribution is 7.12. The summed E-state index contributed by atoms with van der Waals surface area (Å²) in [6, 6.07) is 23.0. The number of hydrogen-bond acceptors (Lipinski definition) is 6. The third-order valence-electron chi connectivity index (χ3n) is 4.71. The number of carboxylic acid groups (broad SMARTS) is 1. The van der Waals surface area contributed by atoms with Crippen molar-refractivity contribution in [3.8, 4) is 33.8 Å². The van der Waals surface area contributed by atoms with E-state index in [2.05, 4.69) is 17.2 Å². The molecule has 0 aliphatic heterocycles. The molecule has 0 aliphatic rings. The summed E-state index contributed by atoms with van der Waals surface area (Å²) < 4.78 is 1.61. The molecule has 154 valence electrons. The smallest absolute Gasteiger partial charge is 0.336 e. The molecule has 1 aromatic heterocycles. The molecular weight excluding hydrogens is 422 g/mol. The number of carboxylic acids is 1. The van der Waals surface area contributed by atoms with Crippen molar-refractivity contribution in [3.05, 3.63) is 88.2 Å². The predicted molar refractivity (Wildman–Crippen MR) is 120 cm³/mol. The molecule has 1 heterocycles. The summed E-state index contributed by atoms with van der Waals surface area (Å²) in [4.78, 5) is 17.2. The molecule has 4 aromatic rings. The third kappa shape index (κ3) is 4.04. The van der Waals surface area contributed by atoms with Crippen molar-refractivity contribution in [2.45, 2.75) is 0 Å². The Morgan fingerprint density at radius 3 is 2.28 bits per heavy atom. The Bertz CT molecular complexity index is 1500. The van der Waals surface area contributed by atoms with E-state index in [0.29, 0.717) is 37.8 Å². The molecule has 32 heavy (non-hydrogen) atoms. The maximum absolute atomic E-state index is 11.9. The van der Waals surface area contributed by atoms with Crippen LogP contribution in [-0.4, -0.2) is 20.9 Å². The first-order chi connectivity index (χ1) is 15.5. The molecule has 0 unspecified atom stereocenters. The molecule has 0 amide bonds. The van der Waals surface area contributed by atoms with E-state index in [1.54, 1.807) is 66.3 Å². The normalized spacial score (nSPS) is 11.0. The van der Waals surface area contributed by atoms with Crippen LogP contribution in [0.5, 0.6) is 0 Å². The minimum Gasteiger partial charge on any atom is -0.478 e. The standard InChI is InChI=1S/C24H15N5O2S/c1-29-24(32-22(28-29)18-8-3-6-16(12-18)14-26)27-20-10-4-9-19(23(30)31)21(20)17-7-2-5-15(11-17)13-25/h2-12H,1H3,(H,30,31). The van der Waals surface area contributed by atoms with E-state index in [1.165, 1.54) is 17.4 Å². The summed E-state index contributed by atoms with van der Waals surface area (Å²) in [5, 5.41) is 33.4. The first kappa shape index (κ1) is 20.7. The lowest BCUT2D eigenvalue weighted by Crippen LogP contribution is -2.11. The fourth-order valence-corrected chi connectivity index (χ4v) is 4.15. The van der Waals surface area contributed by atoms with E-state index in [-0.39, 0.29) is 5.56 Å². The van der Waals surface area contributed by atoms with Crippen LogP contribution >= 0.6 is 11.3 Å². The molecule has 0 aliphatic carbocycles. The number of aromatic nitrogens is 2. The van der Waals surface area contributed by atoms with Crippen LogP contribution in [0.15, 0.2) is 71.7 Å². The highest BCUT2D eigenvalue weighted by Crippen LogP contribution is 2.34. The minimum absolute atomic E-state index is 0.0930. The van der Waals surface area contributed by atoms with Gasteiger partial charge in [-0.2, -0.15) is 15.6 Å². The fourth-order valence-electron chi connectivity index (χ4n) is 3.25. The van der Waals surface area contributed by atoms with Crippen LogP contribution in [0.2, 0.25) is 0 Å². The second-order valence-corrected chi connectivity index (χ2v) is 7.77. The zero-order valence-corrected chi connectivity index (χ0v) is 17.7. The lowest BCUT2D eigenvalue weighted by Gasteiger charge is -2.10. The van der Waals surface area contributed by atoms with Crippen molar-refractivity contribution < 1.29 is 9.90 Å². The van der Waals surface area contributed by atoms with E-state index in [1.807, 2.05) is 6.07 Å². The molecule has 0 saturated heterocycles. The highest BCUT2D eigenvalue weighted by atomic mass is 32.1. The van der Waals surface area contributed by atoms with Gasteiger partial charge in [-0.15, -0.1) is 0 Å². The van der Waals surface area contributed by atoms with E-state index in [9.17, 15) is 15.2 Å². The molecule has 1 N–H and O–H groups in total. The van der Waals surface area contributed by atoms with Gasteiger partial charge in [0.2, 0.25) is 4.80 Å².